The van der Waals surface area contributed by atoms with Crippen molar-refractivity contribution in [2.75, 3.05) is 19.7 Å². The van der Waals surface area contributed by atoms with E-state index in [4.69, 9.17) is 9.47 Å². The lowest BCUT2D eigenvalue weighted by molar-refractivity contribution is -0.163. The van der Waals surface area contributed by atoms with Gasteiger partial charge in [-0.3, -0.25) is 19.2 Å². The molecule has 1 spiro atoms. The number of aliphatic hydroxyl groups is 1. The molecule has 1 unspecified atom stereocenters. The number of alkyl halides is 1. The van der Waals surface area contributed by atoms with Crippen molar-refractivity contribution < 1.29 is 33.8 Å². The maximum Gasteiger partial charge on any atom is 0.313 e. The first kappa shape index (κ1) is 37.8. The van der Waals surface area contributed by atoms with Crippen molar-refractivity contribution in [3.63, 3.8) is 0 Å². The Kier molecular flexibility index (Phi) is 13.1. The van der Waals surface area contributed by atoms with Gasteiger partial charge in [0.15, 0.2) is 0 Å². The number of nitrogens with one attached hydrogen (secondary N) is 1. The number of amides is 3. The standard InChI is InChI=1S/C37H52BrN3O7/c1-7-11-18-28(43)39-24(6)31(25-16-14-13-15-17-25)47-36(46)29-30-34(44)41(27(22-42)23(5)10-4)33(37(30)21-26(38)32(29)48-37)35(45)40(19-9-3)20-12-8-2/h7,9,13-17,23-24,26-27,29-33,42H,1,3,8,10-12,18-22H2,2,4-6H3,(H,39,43)/t23-,24+,26?,27-,29-,30+,31+,32-,33-,37+/m0/s1. The van der Waals surface area contributed by atoms with E-state index in [2.05, 4.69) is 34.4 Å². The summed E-state index contributed by atoms with van der Waals surface area (Å²) in [6.45, 7) is 15.7. The van der Waals surface area contributed by atoms with E-state index in [1.54, 1.807) is 24.0 Å². The van der Waals surface area contributed by atoms with Gasteiger partial charge in [-0.15, -0.1) is 13.2 Å². The average molecular weight is 731 g/mol. The molecule has 264 valence electrons. The lowest BCUT2D eigenvalue weighted by Gasteiger charge is -2.41. The van der Waals surface area contributed by atoms with Crippen LogP contribution in [-0.2, 0) is 28.7 Å². The van der Waals surface area contributed by atoms with Crippen LogP contribution in [0.2, 0.25) is 0 Å². The summed E-state index contributed by atoms with van der Waals surface area (Å²) in [5.74, 6) is -3.59. The van der Waals surface area contributed by atoms with Gasteiger partial charge in [0.2, 0.25) is 17.7 Å². The highest BCUT2D eigenvalue weighted by atomic mass is 79.9. The third-order valence-corrected chi connectivity index (χ3v) is 11.2. The second kappa shape index (κ2) is 16.6. The predicted molar refractivity (Wildman–Crippen MR) is 187 cm³/mol. The smallest absolute Gasteiger partial charge is 0.313 e. The Bertz CT molecular complexity index is 1330. The summed E-state index contributed by atoms with van der Waals surface area (Å²) >= 11 is 3.74. The van der Waals surface area contributed by atoms with E-state index in [-0.39, 0.29) is 41.5 Å². The maximum atomic E-state index is 14.7. The molecule has 10 nitrogen and oxygen atoms in total. The minimum Gasteiger partial charge on any atom is -0.455 e. The van der Waals surface area contributed by atoms with Gasteiger partial charge >= 0.3 is 5.97 Å². The highest BCUT2D eigenvalue weighted by Crippen LogP contribution is 2.61. The lowest BCUT2D eigenvalue weighted by atomic mass is 9.70. The fourth-order valence-corrected chi connectivity index (χ4v) is 8.64. The Morgan fingerprint density at radius 3 is 2.52 bits per heavy atom. The molecule has 48 heavy (non-hydrogen) atoms. The zero-order valence-electron chi connectivity index (χ0n) is 28.7. The molecular formula is C37H52BrN3O7. The second-order valence-electron chi connectivity index (χ2n) is 13.4. The van der Waals surface area contributed by atoms with E-state index in [0.717, 1.165) is 12.8 Å². The fraction of sp³-hybridized carbons (Fsp3) is 0.622. The summed E-state index contributed by atoms with van der Waals surface area (Å²) in [4.78, 5) is 59.3. The van der Waals surface area contributed by atoms with Crippen LogP contribution < -0.4 is 5.32 Å². The minimum atomic E-state index is -1.30. The SMILES string of the molecule is C=CCCC(=O)N[C@H](C)[C@@H](OC(=O)[C@@H]1[C@H]2O[C@@]3(CC2Br)[C@H](C(=O)N(CC=C)CCCC)N([C@@H](CO)[C@@H](C)CC)C(=O)[C@@H]13)c1ccccc1. The van der Waals surface area contributed by atoms with Crippen molar-refractivity contribution in [2.45, 2.75) is 107 Å². The van der Waals surface area contributed by atoms with E-state index in [1.807, 2.05) is 51.1 Å². The van der Waals surface area contributed by atoms with Crippen LogP contribution in [-0.4, -0.2) is 93.0 Å². The van der Waals surface area contributed by atoms with Crippen LogP contribution in [0.5, 0.6) is 0 Å². The molecule has 1 aromatic carbocycles. The van der Waals surface area contributed by atoms with Gasteiger partial charge < -0.3 is 29.7 Å². The number of hydrogen-bond acceptors (Lipinski definition) is 7. The first-order valence-corrected chi connectivity index (χ1v) is 18.2. The molecule has 4 rings (SSSR count). The number of esters is 1. The number of fused-ring (bicyclic) bond motifs is 1. The molecule has 0 radical (unpaired) electrons. The Morgan fingerprint density at radius 1 is 1.21 bits per heavy atom. The zero-order valence-corrected chi connectivity index (χ0v) is 30.3. The maximum absolute atomic E-state index is 14.7. The van der Waals surface area contributed by atoms with Crippen LogP contribution in [0.1, 0.15) is 77.9 Å². The Balaban J connectivity index is 1.74. The van der Waals surface area contributed by atoms with E-state index in [9.17, 15) is 24.3 Å². The zero-order chi connectivity index (χ0) is 35.2. The number of rotatable bonds is 18. The summed E-state index contributed by atoms with van der Waals surface area (Å²) in [5, 5.41) is 13.6. The molecule has 0 aliphatic carbocycles. The Labute approximate surface area is 293 Å². The molecule has 3 fully saturated rings. The molecule has 3 heterocycles. The van der Waals surface area contributed by atoms with Gasteiger partial charge in [-0.2, -0.15) is 0 Å². The first-order chi connectivity index (χ1) is 23.0. The second-order valence-corrected chi connectivity index (χ2v) is 14.6. The third-order valence-electron chi connectivity index (χ3n) is 10.3. The molecule has 3 aliphatic heterocycles. The molecule has 0 saturated carbocycles. The monoisotopic (exact) mass is 729 g/mol. The Morgan fingerprint density at radius 2 is 1.92 bits per heavy atom. The number of nitrogens with zero attached hydrogens (tertiary/aromatic N) is 2. The number of likely N-dealkylation sites (tertiary alicyclic amines) is 1. The lowest BCUT2D eigenvalue weighted by Crippen LogP contribution is -2.60. The molecule has 11 heteroatoms. The van der Waals surface area contributed by atoms with Gasteiger partial charge in [-0.1, -0.05) is 92.0 Å². The molecule has 1 aromatic rings. The van der Waals surface area contributed by atoms with E-state index in [0.29, 0.717) is 37.9 Å². The predicted octanol–water partition coefficient (Wildman–Crippen LogP) is 4.71. The summed E-state index contributed by atoms with van der Waals surface area (Å²) < 4.78 is 13.0. The fourth-order valence-electron chi connectivity index (χ4n) is 7.70. The van der Waals surface area contributed by atoms with Gasteiger partial charge in [0.05, 0.1) is 36.6 Å². The molecule has 3 saturated heterocycles. The van der Waals surface area contributed by atoms with Gasteiger partial charge in [-0.05, 0) is 37.7 Å². The molecule has 3 amide bonds. The number of carbonyl (C=O) groups is 4. The van der Waals surface area contributed by atoms with E-state index < -0.39 is 53.7 Å². The molecule has 3 aliphatic rings. The number of allylic oxidation sites excluding steroid dienone is 1. The van der Waals surface area contributed by atoms with E-state index in [1.165, 1.54) is 4.90 Å². The number of benzene rings is 1. The van der Waals surface area contributed by atoms with E-state index >= 15 is 0 Å². The number of carbonyl (C=O) groups excluding carboxylic acids is 4. The molecule has 10 atom stereocenters. The molecule has 2 bridgehead atoms. The third kappa shape index (κ3) is 7.28. The molecular weight excluding hydrogens is 678 g/mol. The van der Waals surface area contributed by atoms with Crippen molar-refractivity contribution in [3.8, 4) is 0 Å². The average Bonchev–Trinajstić information content (AvgIpc) is 3.68. The van der Waals surface area contributed by atoms with Gasteiger partial charge in [0.1, 0.15) is 17.7 Å². The van der Waals surface area contributed by atoms with Crippen LogP contribution in [0.25, 0.3) is 0 Å². The summed E-state index contributed by atoms with van der Waals surface area (Å²) in [6, 6.07) is 6.91. The highest BCUT2D eigenvalue weighted by Gasteiger charge is 2.77. The number of halogens is 1. The Hall–Kier alpha value is -3.02. The van der Waals surface area contributed by atoms with Gasteiger partial charge in [-0.25, -0.2) is 0 Å². The largest absolute Gasteiger partial charge is 0.455 e. The molecule has 0 aromatic heterocycles. The van der Waals surface area contributed by atoms with Crippen molar-refractivity contribution in [3.05, 3.63) is 61.2 Å². The summed E-state index contributed by atoms with van der Waals surface area (Å²) in [6.07, 6.45) is 5.21. The van der Waals surface area contributed by atoms with Gasteiger partial charge in [0, 0.05) is 24.3 Å². The topological polar surface area (TPSA) is 125 Å². The molecule has 2 N–H and O–H groups in total. The van der Waals surface area contributed by atoms with Crippen molar-refractivity contribution in [1.29, 1.82) is 0 Å². The van der Waals surface area contributed by atoms with Crippen LogP contribution in [0, 0.1) is 17.8 Å². The van der Waals surface area contributed by atoms with Crippen molar-refractivity contribution in [2.24, 2.45) is 17.8 Å². The van der Waals surface area contributed by atoms with Crippen LogP contribution in [0.3, 0.4) is 0 Å². The quantitative estimate of drug-likeness (QED) is 0.127. The van der Waals surface area contributed by atoms with Crippen LogP contribution in [0.15, 0.2) is 55.6 Å². The minimum absolute atomic E-state index is 0.122. The first-order valence-electron chi connectivity index (χ1n) is 17.3. The van der Waals surface area contributed by atoms with Crippen molar-refractivity contribution in [1.82, 2.24) is 15.1 Å². The van der Waals surface area contributed by atoms with Gasteiger partial charge in [0.25, 0.3) is 0 Å². The van der Waals surface area contributed by atoms with Crippen LogP contribution >= 0.6 is 15.9 Å². The highest BCUT2D eigenvalue weighted by molar-refractivity contribution is 9.09. The van der Waals surface area contributed by atoms with Crippen LogP contribution in [0.4, 0.5) is 0 Å². The number of aliphatic hydroxyl groups excluding tert-OH is 1. The number of ether oxygens (including phenoxy) is 2. The number of hydrogen-bond donors (Lipinski definition) is 2. The number of unbranched alkanes of at least 4 members (excludes halogenated alkanes) is 1. The normalized spacial score (nSPS) is 28.2. The van der Waals surface area contributed by atoms with Crippen molar-refractivity contribution >= 4 is 39.6 Å². The summed E-state index contributed by atoms with van der Waals surface area (Å²) in [7, 11) is 0. The summed E-state index contributed by atoms with van der Waals surface area (Å²) in [5.41, 5.74) is -0.604.